The molecule has 2 rings (SSSR count). The first-order valence-corrected chi connectivity index (χ1v) is 7.71. The van der Waals surface area contributed by atoms with Crippen LogP contribution >= 0.6 is 35.7 Å². The van der Waals surface area contributed by atoms with E-state index in [1.165, 1.54) is 4.90 Å². The second-order valence-corrected chi connectivity index (χ2v) is 6.05. The number of rotatable bonds is 6. The van der Waals surface area contributed by atoms with E-state index in [1.807, 2.05) is 23.9 Å². The zero-order valence-electron chi connectivity index (χ0n) is 12.7. The lowest BCUT2D eigenvalue weighted by molar-refractivity contribution is 0.410. The van der Waals surface area contributed by atoms with E-state index >= 15 is 0 Å². The first-order chi connectivity index (χ1) is 10.3. The van der Waals surface area contributed by atoms with Crippen LogP contribution in [0.3, 0.4) is 0 Å². The Morgan fingerprint density at radius 3 is 2.68 bits per heavy atom. The van der Waals surface area contributed by atoms with Gasteiger partial charge in [0.1, 0.15) is 12.0 Å². The number of benzene rings is 1. The number of hydrogen-bond acceptors (Lipinski definition) is 4. The Balaban J connectivity index is 0.00000242. The van der Waals surface area contributed by atoms with Crippen molar-refractivity contribution in [1.29, 1.82) is 0 Å². The molecule has 120 valence electrons. The minimum absolute atomic E-state index is 0. The van der Waals surface area contributed by atoms with Crippen molar-refractivity contribution in [3.8, 4) is 0 Å². The van der Waals surface area contributed by atoms with Crippen LogP contribution in [0.15, 0.2) is 57.1 Å². The summed E-state index contributed by atoms with van der Waals surface area (Å²) in [5.74, 6) is 0.763. The molecule has 2 aromatic rings. The van der Waals surface area contributed by atoms with Gasteiger partial charge in [-0.25, -0.2) is 0 Å². The van der Waals surface area contributed by atoms with Crippen molar-refractivity contribution in [2.24, 2.45) is 4.99 Å². The smallest absolute Gasteiger partial charge is 0.191 e. The Hall–Kier alpha value is -1.22. The number of thioether (sulfide) groups is 1. The number of nitrogens with zero attached hydrogens (tertiary/aromatic N) is 2. The van der Waals surface area contributed by atoms with Gasteiger partial charge in [-0.2, -0.15) is 0 Å². The highest BCUT2D eigenvalue weighted by molar-refractivity contribution is 14.0. The SMILES string of the molecule is CN=C(NCc1ccon1)NCC(C)Sc1ccccc1.I. The standard InChI is InChI=1S/C15H20N4OS.HI/c1-12(21-14-6-4-3-5-7-14)10-17-15(16-2)18-11-13-8-9-20-19-13;/h3-9,12H,10-11H2,1-2H3,(H2,16,17,18);1H. The largest absolute Gasteiger partial charge is 0.364 e. The second kappa shape index (κ2) is 10.5. The van der Waals surface area contributed by atoms with Crippen molar-refractivity contribution in [2.75, 3.05) is 13.6 Å². The van der Waals surface area contributed by atoms with Crippen molar-refractivity contribution in [2.45, 2.75) is 23.6 Å². The van der Waals surface area contributed by atoms with Crippen LogP contribution in [0.2, 0.25) is 0 Å². The lowest BCUT2D eigenvalue weighted by Gasteiger charge is -2.15. The Kier molecular flexibility index (Phi) is 8.98. The fourth-order valence-corrected chi connectivity index (χ4v) is 2.68. The maximum atomic E-state index is 4.79. The molecule has 1 unspecified atom stereocenters. The summed E-state index contributed by atoms with van der Waals surface area (Å²) in [6.45, 7) is 3.62. The molecule has 1 aromatic heterocycles. The molecule has 2 N–H and O–H groups in total. The Labute approximate surface area is 152 Å². The monoisotopic (exact) mass is 432 g/mol. The van der Waals surface area contributed by atoms with E-state index in [0.29, 0.717) is 11.8 Å². The van der Waals surface area contributed by atoms with Gasteiger partial charge < -0.3 is 15.2 Å². The Bertz CT molecular complexity index is 548. The average Bonchev–Trinajstić information content (AvgIpc) is 3.02. The molecular weight excluding hydrogens is 411 g/mol. The highest BCUT2D eigenvalue weighted by atomic mass is 127. The lowest BCUT2D eigenvalue weighted by Crippen LogP contribution is -2.39. The molecule has 0 spiro atoms. The third-order valence-electron chi connectivity index (χ3n) is 2.79. The van der Waals surface area contributed by atoms with Gasteiger partial charge in [-0.05, 0) is 12.1 Å². The number of aliphatic imine (C=N–C) groups is 1. The summed E-state index contributed by atoms with van der Waals surface area (Å²) in [6.07, 6.45) is 1.56. The molecule has 7 heteroatoms. The molecule has 0 saturated carbocycles. The number of aromatic nitrogens is 1. The summed E-state index contributed by atoms with van der Waals surface area (Å²) in [5, 5.41) is 10.8. The maximum absolute atomic E-state index is 4.79. The molecule has 0 saturated heterocycles. The van der Waals surface area contributed by atoms with Gasteiger partial charge >= 0.3 is 0 Å². The Morgan fingerprint density at radius 1 is 1.27 bits per heavy atom. The third kappa shape index (κ3) is 6.69. The molecule has 0 amide bonds. The van der Waals surface area contributed by atoms with Gasteiger partial charge in [-0.3, -0.25) is 4.99 Å². The molecule has 1 aromatic carbocycles. The molecule has 5 nitrogen and oxygen atoms in total. The summed E-state index contributed by atoms with van der Waals surface area (Å²) >= 11 is 1.84. The van der Waals surface area contributed by atoms with Gasteiger partial charge in [-0.1, -0.05) is 30.3 Å². The zero-order chi connectivity index (χ0) is 14.9. The van der Waals surface area contributed by atoms with E-state index in [-0.39, 0.29) is 24.0 Å². The predicted molar refractivity (Wildman–Crippen MR) is 102 cm³/mol. The molecule has 0 aliphatic carbocycles. The highest BCUT2D eigenvalue weighted by Gasteiger charge is 2.06. The summed E-state index contributed by atoms with van der Waals surface area (Å²) in [6, 6.07) is 12.2. The van der Waals surface area contributed by atoms with Crippen LogP contribution in [0.25, 0.3) is 0 Å². The zero-order valence-corrected chi connectivity index (χ0v) is 15.8. The van der Waals surface area contributed by atoms with Crippen molar-refractivity contribution < 1.29 is 4.52 Å². The molecule has 22 heavy (non-hydrogen) atoms. The van der Waals surface area contributed by atoms with Crippen LogP contribution in [0.5, 0.6) is 0 Å². The quantitative estimate of drug-likeness (QED) is 0.318. The van der Waals surface area contributed by atoms with Crippen LogP contribution in [0, 0.1) is 0 Å². The van der Waals surface area contributed by atoms with E-state index in [1.54, 1.807) is 13.3 Å². The summed E-state index contributed by atoms with van der Waals surface area (Å²) < 4.78 is 4.79. The van der Waals surface area contributed by atoms with Crippen LogP contribution in [0.4, 0.5) is 0 Å². The van der Waals surface area contributed by atoms with Gasteiger partial charge in [-0.15, -0.1) is 35.7 Å². The lowest BCUT2D eigenvalue weighted by atomic mass is 10.4. The van der Waals surface area contributed by atoms with Crippen LogP contribution in [0.1, 0.15) is 12.6 Å². The molecular formula is C15H21IN4OS. The fourth-order valence-electron chi connectivity index (χ4n) is 1.74. The fraction of sp³-hybridized carbons (Fsp3) is 0.333. The van der Waals surface area contributed by atoms with Gasteiger partial charge in [0.25, 0.3) is 0 Å². The van der Waals surface area contributed by atoms with E-state index in [0.717, 1.165) is 18.2 Å². The molecule has 0 bridgehead atoms. The molecule has 0 aliphatic heterocycles. The predicted octanol–water partition coefficient (Wildman–Crippen LogP) is 3.14. The summed E-state index contributed by atoms with van der Waals surface area (Å²) in [5.41, 5.74) is 0.852. The molecule has 0 fully saturated rings. The highest BCUT2D eigenvalue weighted by Crippen LogP contribution is 2.21. The number of halogens is 1. The van der Waals surface area contributed by atoms with Gasteiger partial charge in [0.15, 0.2) is 5.96 Å². The Morgan fingerprint density at radius 2 is 2.05 bits per heavy atom. The van der Waals surface area contributed by atoms with Crippen LogP contribution in [-0.4, -0.2) is 30.0 Å². The minimum Gasteiger partial charge on any atom is -0.364 e. The summed E-state index contributed by atoms with van der Waals surface area (Å²) in [7, 11) is 1.76. The number of nitrogens with one attached hydrogen (secondary N) is 2. The molecule has 1 atom stereocenters. The van der Waals surface area contributed by atoms with Crippen molar-refractivity contribution in [3.05, 3.63) is 48.4 Å². The molecule has 0 aliphatic rings. The molecule has 0 radical (unpaired) electrons. The van der Waals surface area contributed by atoms with E-state index in [4.69, 9.17) is 4.52 Å². The number of hydrogen-bond donors (Lipinski definition) is 2. The van der Waals surface area contributed by atoms with Crippen molar-refractivity contribution >= 4 is 41.7 Å². The van der Waals surface area contributed by atoms with Gasteiger partial charge in [0, 0.05) is 29.8 Å². The van der Waals surface area contributed by atoms with Crippen LogP contribution in [-0.2, 0) is 6.54 Å². The average molecular weight is 432 g/mol. The second-order valence-electron chi connectivity index (χ2n) is 4.54. The van der Waals surface area contributed by atoms with E-state index in [9.17, 15) is 0 Å². The van der Waals surface area contributed by atoms with Crippen molar-refractivity contribution in [3.63, 3.8) is 0 Å². The van der Waals surface area contributed by atoms with Gasteiger partial charge in [0.2, 0.25) is 0 Å². The van der Waals surface area contributed by atoms with Crippen molar-refractivity contribution in [1.82, 2.24) is 15.8 Å². The molecule has 1 heterocycles. The normalized spacial score (nSPS) is 12.4. The third-order valence-corrected chi connectivity index (χ3v) is 3.90. The maximum Gasteiger partial charge on any atom is 0.191 e. The van der Waals surface area contributed by atoms with Crippen LogP contribution < -0.4 is 10.6 Å². The first kappa shape index (κ1) is 18.8. The van der Waals surface area contributed by atoms with E-state index < -0.39 is 0 Å². The summed E-state index contributed by atoms with van der Waals surface area (Å²) in [4.78, 5) is 5.47. The topological polar surface area (TPSA) is 62.5 Å². The van der Waals surface area contributed by atoms with E-state index in [2.05, 4.69) is 52.0 Å². The minimum atomic E-state index is 0. The first-order valence-electron chi connectivity index (χ1n) is 6.83. The number of guanidine groups is 1. The van der Waals surface area contributed by atoms with Gasteiger partial charge in [0.05, 0.1) is 6.54 Å².